The first kappa shape index (κ1) is 19.6. The fourth-order valence-corrected chi connectivity index (χ4v) is 2.32. The van der Waals surface area contributed by atoms with Crippen LogP contribution in [-0.4, -0.2) is 24.7 Å². The second-order valence-electron chi connectivity index (χ2n) is 5.10. The largest absolute Gasteiger partial charge is 0.326 e. The third-order valence-corrected chi connectivity index (χ3v) is 3.49. The lowest BCUT2D eigenvalue weighted by Crippen LogP contribution is -2.10. The number of aromatic nitrogens is 5. The van der Waals surface area contributed by atoms with E-state index < -0.39 is 17.8 Å². The number of nitrogens with zero attached hydrogens (tertiary/aromatic N) is 5. The summed E-state index contributed by atoms with van der Waals surface area (Å²) in [6.45, 7) is -0.159. The van der Waals surface area contributed by atoms with E-state index in [1.807, 2.05) is 0 Å². The summed E-state index contributed by atoms with van der Waals surface area (Å²) in [6, 6.07) is 4.47. The Bertz CT molecular complexity index is 858. The van der Waals surface area contributed by atoms with Crippen LogP contribution in [0.15, 0.2) is 37.1 Å². The summed E-state index contributed by atoms with van der Waals surface area (Å²) in [4.78, 5) is 11.5. The Balaban J connectivity index is 0.00000243. The van der Waals surface area contributed by atoms with Gasteiger partial charge in [-0.3, -0.25) is 4.68 Å². The molecule has 3 rings (SSSR count). The highest BCUT2D eigenvalue weighted by Gasteiger charge is 2.20. The minimum atomic E-state index is -2.93. The number of benzene rings is 1. The molecule has 2 heterocycles. The molecule has 0 fully saturated rings. The molecule has 2 aromatic heterocycles. The molecule has 0 unspecified atom stereocenters. The Hall–Kier alpha value is -2.72. The highest BCUT2D eigenvalue weighted by molar-refractivity contribution is 5.85. The lowest BCUT2D eigenvalue weighted by atomic mass is 10.0. The topological polar surface area (TPSA) is 94.5 Å². The molecular weight excluding hydrogens is 371 g/mol. The molecule has 0 aliphatic heterocycles. The predicted molar refractivity (Wildman–Crippen MR) is 90.9 cm³/mol. The average molecular weight is 386 g/mol. The number of alkyl halides is 2. The van der Waals surface area contributed by atoms with Crippen molar-refractivity contribution in [3.8, 4) is 0 Å². The Labute approximate surface area is 152 Å². The molecule has 1 aromatic carbocycles. The molecule has 0 spiro atoms. The van der Waals surface area contributed by atoms with Crippen molar-refractivity contribution in [2.24, 2.45) is 5.73 Å². The van der Waals surface area contributed by atoms with Gasteiger partial charge in [-0.1, -0.05) is 12.1 Å². The van der Waals surface area contributed by atoms with Crippen molar-refractivity contribution in [3.05, 3.63) is 59.6 Å². The molecule has 0 radical (unpaired) electrons. The van der Waals surface area contributed by atoms with Crippen LogP contribution in [0, 0.1) is 5.82 Å². The van der Waals surface area contributed by atoms with Crippen molar-refractivity contribution >= 4 is 24.2 Å². The van der Waals surface area contributed by atoms with E-state index in [1.165, 1.54) is 29.5 Å². The number of rotatable bonds is 6. The van der Waals surface area contributed by atoms with E-state index in [0.29, 0.717) is 11.8 Å². The van der Waals surface area contributed by atoms with E-state index in [1.54, 1.807) is 12.3 Å². The molecule has 3 N–H and O–H groups in total. The van der Waals surface area contributed by atoms with Gasteiger partial charge in [-0.2, -0.15) is 5.10 Å². The van der Waals surface area contributed by atoms with Crippen molar-refractivity contribution in [1.82, 2.24) is 24.7 Å². The minimum Gasteiger partial charge on any atom is -0.326 e. The van der Waals surface area contributed by atoms with E-state index in [4.69, 9.17) is 5.73 Å². The molecule has 0 bridgehead atoms. The molecule has 0 aliphatic rings. The van der Waals surface area contributed by atoms with Crippen LogP contribution in [0.5, 0.6) is 0 Å². The van der Waals surface area contributed by atoms with Crippen molar-refractivity contribution < 1.29 is 13.2 Å². The Morgan fingerprint density at radius 1 is 1.12 bits per heavy atom. The van der Waals surface area contributed by atoms with Crippen molar-refractivity contribution in [3.63, 3.8) is 0 Å². The second-order valence-corrected chi connectivity index (χ2v) is 5.10. The molecule has 0 saturated heterocycles. The fourth-order valence-electron chi connectivity index (χ4n) is 2.32. The number of nitrogens with two attached hydrogens (primary N) is 1. The second kappa shape index (κ2) is 8.59. The number of halogens is 4. The zero-order chi connectivity index (χ0) is 17.8. The number of nitrogens with one attached hydrogen (secondary N) is 1. The smallest absolute Gasteiger partial charge is 0.266 e. The summed E-state index contributed by atoms with van der Waals surface area (Å²) >= 11 is 0. The highest BCUT2D eigenvalue weighted by Crippen LogP contribution is 2.28. The van der Waals surface area contributed by atoms with Crippen molar-refractivity contribution in [2.75, 3.05) is 5.32 Å². The Morgan fingerprint density at radius 2 is 1.81 bits per heavy atom. The van der Waals surface area contributed by atoms with E-state index in [-0.39, 0.29) is 36.6 Å². The molecule has 0 saturated carbocycles. The molecule has 0 aliphatic carbocycles. The summed E-state index contributed by atoms with van der Waals surface area (Å²) in [7, 11) is 0. The van der Waals surface area contributed by atoms with Crippen LogP contribution in [0.25, 0.3) is 0 Å². The summed E-state index contributed by atoms with van der Waals surface area (Å²) in [5.74, 6) is -0.224. The van der Waals surface area contributed by atoms with Crippen molar-refractivity contribution in [1.29, 1.82) is 0 Å². The van der Waals surface area contributed by atoms with E-state index >= 15 is 0 Å². The number of hydrogen-bond donors (Lipinski definition) is 2. The Kier molecular flexibility index (Phi) is 6.47. The molecule has 0 amide bonds. The first-order valence-electron chi connectivity index (χ1n) is 7.29. The maximum atomic E-state index is 14.4. The van der Waals surface area contributed by atoms with Gasteiger partial charge in [0, 0.05) is 24.4 Å². The van der Waals surface area contributed by atoms with Gasteiger partial charge in [0.2, 0.25) is 5.95 Å². The van der Waals surface area contributed by atoms with Gasteiger partial charge in [-0.25, -0.2) is 28.1 Å². The summed E-state index contributed by atoms with van der Waals surface area (Å²) in [5.41, 5.74) is 4.93. The normalized spacial score (nSPS) is 10.7. The van der Waals surface area contributed by atoms with Crippen LogP contribution in [0.2, 0.25) is 0 Å². The van der Waals surface area contributed by atoms with Gasteiger partial charge in [-0.15, -0.1) is 12.4 Å². The van der Waals surface area contributed by atoms with Crippen LogP contribution in [0.1, 0.15) is 23.1 Å². The van der Waals surface area contributed by atoms with Crippen LogP contribution < -0.4 is 11.1 Å². The maximum absolute atomic E-state index is 14.4. The molecule has 0 atom stereocenters. The molecule has 7 nitrogen and oxygen atoms in total. The van der Waals surface area contributed by atoms with Gasteiger partial charge in [0.15, 0.2) is 5.82 Å². The third-order valence-electron chi connectivity index (χ3n) is 3.49. The number of anilines is 2. The maximum Gasteiger partial charge on any atom is 0.266 e. The zero-order valence-electron chi connectivity index (χ0n) is 13.3. The standard InChI is InChI=1S/C15H14F3N7.ClH/c16-13-10(2-1-9(5-19)12(13)14(17)18)6-25-4-3-11(24-25)23-15-21-7-20-8-22-15;/h1-4,7-8,14H,5-6,19H2,(H,20,21,22,23,24);1H. The van der Waals surface area contributed by atoms with E-state index in [9.17, 15) is 13.2 Å². The third kappa shape index (κ3) is 4.27. The van der Waals surface area contributed by atoms with Gasteiger partial charge in [0.25, 0.3) is 6.43 Å². The molecule has 3 aromatic rings. The Morgan fingerprint density at radius 3 is 2.46 bits per heavy atom. The van der Waals surface area contributed by atoms with Gasteiger partial charge in [0.05, 0.1) is 12.1 Å². The van der Waals surface area contributed by atoms with Crippen LogP contribution in [0.4, 0.5) is 24.9 Å². The lowest BCUT2D eigenvalue weighted by molar-refractivity contribution is 0.144. The van der Waals surface area contributed by atoms with Gasteiger partial charge in [-0.05, 0) is 5.56 Å². The highest BCUT2D eigenvalue weighted by atomic mass is 35.5. The van der Waals surface area contributed by atoms with Gasteiger partial charge < -0.3 is 11.1 Å². The van der Waals surface area contributed by atoms with E-state index in [2.05, 4.69) is 25.4 Å². The predicted octanol–water partition coefficient (Wildman–Crippen LogP) is 2.82. The van der Waals surface area contributed by atoms with E-state index in [0.717, 1.165) is 0 Å². The van der Waals surface area contributed by atoms with Gasteiger partial charge in [0.1, 0.15) is 18.5 Å². The zero-order valence-corrected chi connectivity index (χ0v) is 14.1. The van der Waals surface area contributed by atoms with Crippen molar-refractivity contribution in [2.45, 2.75) is 19.5 Å². The molecule has 26 heavy (non-hydrogen) atoms. The molecule has 138 valence electrons. The van der Waals surface area contributed by atoms with Crippen LogP contribution >= 0.6 is 12.4 Å². The monoisotopic (exact) mass is 385 g/mol. The summed E-state index contributed by atoms with van der Waals surface area (Å²) in [6.07, 6.45) is 1.30. The minimum absolute atomic E-state index is 0. The molecular formula is C15H15ClF3N7. The van der Waals surface area contributed by atoms with Gasteiger partial charge >= 0.3 is 0 Å². The molecule has 11 heteroatoms. The first-order valence-corrected chi connectivity index (χ1v) is 7.29. The van der Waals surface area contributed by atoms with Crippen LogP contribution in [0.3, 0.4) is 0 Å². The summed E-state index contributed by atoms with van der Waals surface area (Å²) in [5, 5.41) is 7.03. The average Bonchev–Trinajstić information content (AvgIpc) is 3.04. The van der Waals surface area contributed by atoms with Crippen LogP contribution in [-0.2, 0) is 13.1 Å². The lowest BCUT2D eigenvalue weighted by Gasteiger charge is -2.12. The quantitative estimate of drug-likeness (QED) is 0.677. The first-order chi connectivity index (χ1) is 12.1. The fraction of sp³-hybridized carbons (Fsp3) is 0.200. The SMILES string of the molecule is Cl.NCc1ccc(Cn2ccc(Nc3ncncn3)n2)c(F)c1C(F)F. The summed E-state index contributed by atoms with van der Waals surface area (Å²) < 4.78 is 42.0. The number of hydrogen-bond acceptors (Lipinski definition) is 6.